The normalized spacial score (nSPS) is 20.1. The molecule has 6 nitrogen and oxygen atoms in total. The summed E-state index contributed by atoms with van der Waals surface area (Å²) in [6.45, 7) is 2.56. The van der Waals surface area contributed by atoms with E-state index >= 15 is 0 Å². The van der Waals surface area contributed by atoms with Crippen molar-refractivity contribution in [3.8, 4) is 0 Å². The smallest absolute Gasteiger partial charge is 0.283 e. The standard InChI is InChI=1S/C20H20ClF2N3O3S/c1-12-6-8-14(9-7-12)30(28,29)26-16-5-3-4-15(21)18(16)19(24-26)25-11-20(22,23)10-17(25)13(2)27/h3-9,13,17,27H,10-11H2,1-2H3/t13?,17-/m0/s1. The summed E-state index contributed by atoms with van der Waals surface area (Å²) in [6.07, 6.45) is -1.64. The van der Waals surface area contributed by atoms with Gasteiger partial charge in [0, 0.05) is 6.42 Å². The van der Waals surface area contributed by atoms with E-state index in [0.29, 0.717) is 0 Å². The number of nitrogens with zero attached hydrogens (tertiary/aromatic N) is 3. The maximum absolute atomic E-state index is 14.2. The van der Waals surface area contributed by atoms with Crippen molar-refractivity contribution in [3.05, 3.63) is 53.1 Å². The molecule has 1 aliphatic rings. The van der Waals surface area contributed by atoms with Gasteiger partial charge in [0.25, 0.3) is 15.9 Å². The van der Waals surface area contributed by atoms with Gasteiger partial charge in [0.2, 0.25) is 0 Å². The Balaban J connectivity index is 1.95. The Bertz CT molecular complexity index is 1210. The molecule has 0 amide bonds. The van der Waals surface area contributed by atoms with Crippen molar-refractivity contribution in [3.63, 3.8) is 0 Å². The third-order valence-electron chi connectivity index (χ3n) is 5.29. The van der Waals surface area contributed by atoms with E-state index in [-0.39, 0.29) is 26.6 Å². The number of hydrogen-bond donors (Lipinski definition) is 1. The molecule has 1 fully saturated rings. The number of benzene rings is 2. The lowest BCUT2D eigenvalue weighted by molar-refractivity contribution is 0.0159. The lowest BCUT2D eigenvalue weighted by atomic mass is 10.1. The van der Waals surface area contributed by atoms with Gasteiger partial charge in [0.05, 0.1) is 39.5 Å². The van der Waals surface area contributed by atoms with Crippen LogP contribution < -0.4 is 4.90 Å². The van der Waals surface area contributed by atoms with Crippen LogP contribution in [0.1, 0.15) is 18.9 Å². The summed E-state index contributed by atoms with van der Waals surface area (Å²) in [5.74, 6) is -3.04. The van der Waals surface area contributed by atoms with Crippen LogP contribution in [0.25, 0.3) is 10.9 Å². The zero-order valence-corrected chi connectivity index (χ0v) is 17.8. The largest absolute Gasteiger partial charge is 0.391 e. The van der Waals surface area contributed by atoms with Crippen molar-refractivity contribution in [2.24, 2.45) is 0 Å². The van der Waals surface area contributed by atoms with E-state index in [2.05, 4.69) is 5.10 Å². The molecule has 1 aromatic heterocycles. The minimum atomic E-state index is -4.10. The second kappa shape index (κ2) is 7.18. The Morgan fingerprint density at radius 2 is 1.90 bits per heavy atom. The van der Waals surface area contributed by atoms with Crippen LogP contribution in [0.5, 0.6) is 0 Å². The van der Waals surface area contributed by atoms with E-state index in [1.807, 2.05) is 6.92 Å². The predicted molar refractivity (Wildman–Crippen MR) is 111 cm³/mol. The van der Waals surface area contributed by atoms with E-state index in [1.165, 1.54) is 30.0 Å². The number of fused-ring (bicyclic) bond motifs is 1. The van der Waals surface area contributed by atoms with E-state index in [4.69, 9.17) is 11.6 Å². The van der Waals surface area contributed by atoms with Crippen LogP contribution in [0.3, 0.4) is 0 Å². The number of hydrogen-bond acceptors (Lipinski definition) is 5. The molecule has 2 heterocycles. The van der Waals surface area contributed by atoms with E-state index in [9.17, 15) is 22.3 Å². The van der Waals surface area contributed by atoms with Crippen LogP contribution in [-0.4, -0.2) is 47.3 Å². The molecule has 0 spiro atoms. The van der Waals surface area contributed by atoms with Gasteiger partial charge in [-0.1, -0.05) is 35.4 Å². The van der Waals surface area contributed by atoms with Gasteiger partial charge in [0.1, 0.15) is 0 Å². The summed E-state index contributed by atoms with van der Waals surface area (Å²) in [7, 11) is -4.10. The monoisotopic (exact) mass is 455 g/mol. The number of aliphatic hydroxyl groups excluding tert-OH is 1. The molecule has 2 atom stereocenters. The Kier molecular flexibility index (Phi) is 5.03. The summed E-state index contributed by atoms with van der Waals surface area (Å²) in [4.78, 5) is 1.27. The highest BCUT2D eigenvalue weighted by Gasteiger charge is 2.48. The number of aliphatic hydroxyl groups is 1. The highest BCUT2D eigenvalue weighted by Crippen LogP contribution is 2.41. The maximum atomic E-state index is 14.2. The Morgan fingerprint density at radius 1 is 1.23 bits per heavy atom. The van der Waals surface area contributed by atoms with Crippen LogP contribution in [0.15, 0.2) is 47.4 Å². The average Bonchev–Trinajstić information content (AvgIpc) is 3.21. The molecule has 2 aromatic carbocycles. The summed E-state index contributed by atoms with van der Waals surface area (Å²) >= 11 is 6.34. The molecule has 0 saturated carbocycles. The highest BCUT2D eigenvalue weighted by molar-refractivity contribution is 7.90. The maximum Gasteiger partial charge on any atom is 0.283 e. The molecule has 3 aromatic rings. The molecule has 0 radical (unpaired) electrons. The van der Waals surface area contributed by atoms with Crippen molar-refractivity contribution < 1.29 is 22.3 Å². The molecule has 30 heavy (non-hydrogen) atoms. The van der Waals surface area contributed by atoms with Crippen molar-refractivity contribution in [2.45, 2.75) is 43.2 Å². The first-order valence-electron chi connectivity index (χ1n) is 9.33. The topological polar surface area (TPSA) is 75.4 Å². The molecule has 160 valence electrons. The van der Waals surface area contributed by atoms with E-state index < -0.39 is 41.1 Å². The summed E-state index contributed by atoms with van der Waals surface area (Å²) in [5.41, 5.74) is 1.07. The van der Waals surface area contributed by atoms with Gasteiger partial charge in [-0.15, -0.1) is 5.10 Å². The minimum Gasteiger partial charge on any atom is -0.391 e. The molecular weight excluding hydrogens is 436 g/mol. The minimum absolute atomic E-state index is 0.00867. The fraction of sp³-hybridized carbons (Fsp3) is 0.350. The Labute approximate surface area is 177 Å². The first kappa shape index (κ1) is 21.0. The van der Waals surface area contributed by atoms with Crippen LogP contribution in [0.2, 0.25) is 5.02 Å². The number of anilines is 1. The zero-order chi connectivity index (χ0) is 21.8. The number of halogens is 3. The van der Waals surface area contributed by atoms with Crippen molar-refractivity contribution in [1.29, 1.82) is 0 Å². The van der Waals surface area contributed by atoms with Crippen LogP contribution in [-0.2, 0) is 10.0 Å². The lowest BCUT2D eigenvalue weighted by Crippen LogP contribution is -2.38. The highest BCUT2D eigenvalue weighted by atomic mass is 35.5. The third-order valence-corrected chi connectivity index (χ3v) is 7.21. The first-order valence-corrected chi connectivity index (χ1v) is 11.1. The molecule has 1 unspecified atom stereocenters. The first-order chi connectivity index (χ1) is 14.0. The fourth-order valence-corrected chi connectivity index (χ4v) is 5.32. The van der Waals surface area contributed by atoms with Gasteiger partial charge in [-0.25, -0.2) is 8.78 Å². The van der Waals surface area contributed by atoms with Gasteiger partial charge in [-0.3, -0.25) is 0 Å². The molecular formula is C20H20ClF2N3O3S. The molecule has 1 N–H and O–H groups in total. The van der Waals surface area contributed by atoms with Crippen LogP contribution >= 0.6 is 11.6 Å². The lowest BCUT2D eigenvalue weighted by Gasteiger charge is -2.26. The van der Waals surface area contributed by atoms with E-state index in [1.54, 1.807) is 24.3 Å². The SMILES string of the molecule is Cc1ccc(S(=O)(=O)n2nc(N3CC(F)(F)C[C@H]3C(C)O)c3c(Cl)cccc32)cc1. The summed E-state index contributed by atoms with van der Waals surface area (Å²) in [5, 5.41) is 14.7. The summed E-state index contributed by atoms with van der Waals surface area (Å²) in [6, 6.07) is 9.97. The average molecular weight is 456 g/mol. The number of alkyl halides is 2. The van der Waals surface area contributed by atoms with E-state index in [0.717, 1.165) is 9.65 Å². The molecule has 0 bridgehead atoms. The predicted octanol–water partition coefficient (Wildman–Crippen LogP) is 3.83. The second-order valence-corrected chi connectivity index (χ2v) is 9.79. The van der Waals surface area contributed by atoms with Gasteiger partial charge in [-0.05, 0) is 38.1 Å². The quantitative estimate of drug-likeness (QED) is 0.647. The zero-order valence-electron chi connectivity index (χ0n) is 16.3. The van der Waals surface area contributed by atoms with Crippen molar-refractivity contribution in [1.82, 2.24) is 9.19 Å². The summed E-state index contributed by atoms with van der Waals surface area (Å²) < 4.78 is 55.8. The molecule has 4 rings (SSSR count). The number of aromatic nitrogens is 2. The fourth-order valence-electron chi connectivity index (χ4n) is 3.79. The third kappa shape index (κ3) is 3.44. The molecule has 10 heteroatoms. The van der Waals surface area contributed by atoms with Crippen molar-refractivity contribution >= 4 is 38.3 Å². The second-order valence-electron chi connectivity index (χ2n) is 7.61. The Hall–Kier alpha value is -2.23. The number of rotatable bonds is 4. The number of aryl methyl sites for hydroxylation is 1. The molecule has 0 aliphatic carbocycles. The van der Waals surface area contributed by atoms with Gasteiger partial charge < -0.3 is 10.0 Å². The van der Waals surface area contributed by atoms with Crippen LogP contribution in [0, 0.1) is 6.92 Å². The molecule has 1 saturated heterocycles. The Morgan fingerprint density at radius 3 is 2.53 bits per heavy atom. The molecule has 1 aliphatic heterocycles. The van der Waals surface area contributed by atoms with Crippen molar-refractivity contribution in [2.75, 3.05) is 11.4 Å². The van der Waals surface area contributed by atoms with Gasteiger partial charge >= 0.3 is 0 Å². The van der Waals surface area contributed by atoms with Gasteiger partial charge in [-0.2, -0.15) is 12.5 Å². The van der Waals surface area contributed by atoms with Crippen LogP contribution in [0.4, 0.5) is 14.6 Å². The van der Waals surface area contributed by atoms with Gasteiger partial charge in [0.15, 0.2) is 5.82 Å².